The van der Waals surface area contributed by atoms with Gasteiger partial charge in [0, 0.05) is 15.6 Å². The van der Waals surface area contributed by atoms with Crippen LogP contribution < -0.4 is 5.32 Å². The monoisotopic (exact) mass is 409 g/mol. The lowest BCUT2D eigenvalue weighted by molar-refractivity contribution is 0.363. The predicted molar refractivity (Wildman–Crippen MR) is 111 cm³/mol. The molecule has 4 rings (SSSR count). The molecule has 0 amide bonds. The van der Waals surface area contributed by atoms with Crippen molar-refractivity contribution in [2.45, 2.75) is 12.6 Å². The van der Waals surface area contributed by atoms with E-state index in [0.717, 1.165) is 16.7 Å². The van der Waals surface area contributed by atoms with Crippen molar-refractivity contribution < 1.29 is 4.52 Å². The SMILES string of the molecule is Clc1ccc(-c2noc(CNC(c3ccccc3)c3cccc(Cl)c3)n2)cc1. The molecule has 1 aromatic heterocycles. The van der Waals surface area contributed by atoms with Gasteiger partial charge in [0.05, 0.1) is 12.6 Å². The molecule has 0 aliphatic rings. The summed E-state index contributed by atoms with van der Waals surface area (Å²) in [6, 6.07) is 25.3. The molecule has 1 N–H and O–H groups in total. The predicted octanol–water partition coefficient (Wildman–Crippen LogP) is 5.92. The van der Waals surface area contributed by atoms with Crippen molar-refractivity contribution in [2.75, 3.05) is 0 Å². The molecule has 0 spiro atoms. The molecule has 0 saturated carbocycles. The van der Waals surface area contributed by atoms with Gasteiger partial charge in [-0.15, -0.1) is 0 Å². The second-order valence-corrected chi connectivity index (χ2v) is 7.17. The van der Waals surface area contributed by atoms with E-state index in [1.54, 1.807) is 12.1 Å². The maximum absolute atomic E-state index is 6.20. The number of nitrogens with zero attached hydrogens (tertiary/aromatic N) is 2. The summed E-state index contributed by atoms with van der Waals surface area (Å²) >= 11 is 12.1. The Morgan fingerprint density at radius 1 is 0.821 bits per heavy atom. The Labute approximate surface area is 173 Å². The molecule has 0 bridgehead atoms. The molecule has 0 fully saturated rings. The Morgan fingerprint density at radius 2 is 1.57 bits per heavy atom. The maximum Gasteiger partial charge on any atom is 0.240 e. The summed E-state index contributed by atoms with van der Waals surface area (Å²) in [4.78, 5) is 4.48. The summed E-state index contributed by atoms with van der Waals surface area (Å²) in [6.07, 6.45) is 0. The van der Waals surface area contributed by atoms with Crippen LogP contribution in [0.3, 0.4) is 0 Å². The zero-order chi connectivity index (χ0) is 19.3. The average molecular weight is 410 g/mol. The van der Waals surface area contributed by atoms with Gasteiger partial charge >= 0.3 is 0 Å². The van der Waals surface area contributed by atoms with Gasteiger partial charge in [0.2, 0.25) is 11.7 Å². The number of aromatic nitrogens is 2. The molecule has 1 heterocycles. The van der Waals surface area contributed by atoms with Crippen molar-refractivity contribution in [2.24, 2.45) is 0 Å². The number of halogens is 2. The van der Waals surface area contributed by atoms with Crippen LogP contribution in [0.5, 0.6) is 0 Å². The van der Waals surface area contributed by atoms with Crippen molar-refractivity contribution in [1.29, 1.82) is 0 Å². The van der Waals surface area contributed by atoms with Gasteiger partial charge in [0.25, 0.3) is 0 Å². The second-order valence-electron chi connectivity index (χ2n) is 6.30. The van der Waals surface area contributed by atoms with Crippen LogP contribution in [-0.2, 0) is 6.54 Å². The minimum absolute atomic E-state index is 0.0502. The van der Waals surface area contributed by atoms with E-state index >= 15 is 0 Å². The number of hydrogen-bond donors (Lipinski definition) is 1. The highest BCUT2D eigenvalue weighted by Gasteiger charge is 2.16. The van der Waals surface area contributed by atoms with Gasteiger partial charge in [-0.25, -0.2) is 0 Å². The molecule has 140 valence electrons. The van der Waals surface area contributed by atoms with Crippen LogP contribution >= 0.6 is 23.2 Å². The molecule has 1 atom stereocenters. The standard InChI is InChI=1S/C22H17Cl2N3O/c23-18-11-9-16(10-12-18)22-26-20(28-27-22)14-25-21(15-5-2-1-3-6-15)17-7-4-8-19(24)13-17/h1-13,21,25H,14H2. The molecule has 28 heavy (non-hydrogen) atoms. The van der Waals surface area contributed by atoms with Gasteiger partial charge in [0.15, 0.2) is 0 Å². The molecule has 3 aromatic carbocycles. The Hall–Kier alpha value is -2.66. The number of rotatable bonds is 6. The van der Waals surface area contributed by atoms with E-state index in [0.29, 0.717) is 28.3 Å². The molecule has 0 radical (unpaired) electrons. The van der Waals surface area contributed by atoms with Crippen molar-refractivity contribution >= 4 is 23.2 Å². The molecule has 0 aliphatic carbocycles. The van der Waals surface area contributed by atoms with Crippen LogP contribution in [0.25, 0.3) is 11.4 Å². The van der Waals surface area contributed by atoms with E-state index in [-0.39, 0.29) is 6.04 Å². The third kappa shape index (κ3) is 4.42. The second kappa shape index (κ2) is 8.57. The highest BCUT2D eigenvalue weighted by molar-refractivity contribution is 6.30. The fraction of sp³-hybridized carbons (Fsp3) is 0.0909. The van der Waals surface area contributed by atoms with Crippen molar-refractivity contribution in [3.8, 4) is 11.4 Å². The van der Waals surface area contributed by atoms with Crippen LogP contribution in [0.1, 0.15) is 23.1 Å². The van der Waals surface area contributed by atoms with Gasteiger partial charge < -0.3 is 4.52 Å². The smallest absolute Gasteiger partial charge is 0.240 e. The Morgan fingerprint density at radius 3 is 2.32 bits per heavy atom. The molecule has 1 unspecified atom stereocenters. The molecule has 4 nitrogen and oxygen atoms in total. The van der Waals surface area contributed by atoms with Crippen LogP contribution in [-0.4, -0.2) is 10.1 Å². The third-order valence-electron chi connectivity index (χ3n) is 4.34. The number of hydrogen-bond acceptors (Lipinski definition) is 4. The minimum atomic E-state index is -0.0502. The van der Waals surface area contributed by atoms with E-state index in [2.05, 4.69) is 27.6 Å². The zero-order valence-corrected chi connectivity index (χ0v) is 16.4. The quantitative estimate of drug-likeness (QED) is 0.429. The summed E-state index contributed by atoms with van der Waals surface area (Å²) in [7, 11) is 0. The summed E-state index contributed by atoms with van der Waals surface area (Å²) in [5, 5.41) is 8.92. The van der Waals surface area contributed by atoms with E-state index in [1.165, 1.54) is 0 Å². The van der Waals surface area contributed by atoms with Crippen LogP contribution in [0.15, 0.2) is 83.4 Å². The van der Waals surface area contributed by atoms with Crippen molar-refractivity contribution in [3.63, 3.8) is 0 Å². The Bertz CT molecular complexity index is 1050. The summed E-state index contributed by atoms with van der Waals surface area (Å²) in [5.41, 5.74) is 3.05. The largest absolute Gasteiger partial charge is 0.338 e. The first-order valence-electron chi connectivity index (χ1n) is 8.81. The molecular formula is C22H17Cl2N3O. The first-order valence-corrected chi connectivity index (χ1v) is 9.57. The van der Waals surface area contributed by atoms with Crippen molar-refractivity contribution in [3.05, 3.63) is 106 Å². The lowest BCUT2D eigenvalue weighted by Crippen LogP contribution is -2.22. The normalized spacial score (nSPS) is 12.1. The lowest BCUT2D eigenvalue weighted by Gasteiger charge is -2.19. The summed E-state index contributed by atoms with van der Waals surface area (Å²) in [5.74, 6) is 1.04. The summed E-state index contributed by atoms with van der Waals surface area (Å²) < 4.78 is 5.41. The highest BCUT2D eigenvalue weighted by atomic mass is 35.5. The molecule has 0 aliphatic heterocycles. The van der Waals surface area contributed by atoms with E-state index < -0.39 is 0 Å². The number of nitrogens with one attached hydrogen (secondary N) is 1. The van der Waals surface area contributed by atoms with E-state index in [4.69, 9.17) is 27.7 Å². The molecule has 0 saturated heterocycles. The summed E-state index contributed by atoms with van der Waals surface area (Å²) in [6.45, 7) is 0.423. The lowest BCUT2D eigenvalue weighted by atomic mass is 9.99. The molecular weight excluding hydrogens is 393 g/mol. The highest BCUT2D eigenvalue weighted by Crippen LogP contribution is 2.25. The van der Waals surface area contributed by atoms with Gasteiger partial charge in [-0.3, -0.25) is 5.32 Å². The van der Waals surface area contributed by atoms with E-state index in [9.17, 15) is 0 Å². The van der Waals surface area contributed by atoms with Gasteiger partial charge in [0.1, 0.15) is 0 Å². The third-order valence-corrected chi connectivity index (χ3v) is 4.83. The fourth-order valence-electron chi connectivity index (χ4n) is 2.99. The topological polar surface area (TPSA) is 51.0 Å². The molecule has 6 heteroatoms. The first kappa shape index (κ1) is 18.7. The van der Waals surface area contributed by atoms with Gasteiger partial charge in [-0.1, -0.05) is 70.8 Å². The fourth-order valence-corrected chi connectivity index (χ4v) is 3.32. The van der Waals surface area contributed by atoms with Gasteiger partial charge in [-0.2, -0.15) is 4.98 Å². The number of benzene rings is 3. The van der Waals surface area contributed by atoms with Gasteiger partial charge in [-0.05, 0) is 47.5 Å². The maximum atomic E-state index is 6.20. The zero-order valence-electron chi connectivity index (χ0n) is 14.8. The average Bonchev–Trinajstić information content (AvgIpc) is 3.19. The minimum Gasteiger partial charge on any atom is -0.338 e. The van der Waals surface area contributed by atoms with Crippen LogP contribution in [0, 0.1) is 0 Å². The first-order chi connectivity index (χ1) is 13.7. The van der Waals surface area contributed by atoms with Crippen molar-refractivity contribution in [1.82, 2.24) is 15.5 Å². The Kier molecular flexibility index (Phi) is 5.72. The van der Waals surface area contributed by atoms with E-state index in [1.807, 2.05) is 54.6 Å². The van der Waals surface area contributed by atoms with Crippen LogP contribution in [0.2, 0.25) is 10.0 Å². The molecule has 4 aromatic rings. The Balaban J connectivity index is 1.54. The van der Waals surface area contributed by atoms with Crippen LogP contribution in [0.4, 0.5) is 0 Å².